The molecule has 2 atom stereocenters. The van der Waals surface area contributed by atoms with Crippen LogP contribution in [0.1, 0.15) is 36.0 Å². The van der Waals surface area contributed by atoms with Crippen molar-refractivity contribution in [1.29, 1.82) is 0 Å². The SMILES string of the molecule is C=C(F)c1ccc([C@@H](C(=O)Nc2cc(CCC(=O)OC)ccc2Cl)[C@@H](C)C(F)(F)F)cc1. The minimum Gasteiger partial charge on any atom is -0.469 e. The molecule has 2 aromatic rings. The molecule has 32 heavy (non-hydrogen) atoms. The molecule has 0 radical (unpaired) electrons. The zero-order valence-electron chi connectivity index (χ0n) is 17.4. The number of amides is 1. The lowest BCUT2D eigenvalue weighted by Gasteiger charge is -2.26. The van der Waals surface area contributed by atoms with Gasteiger partial charge in [-0.15, -0.1) is 0 Å². The first-order valence-corrected chi connectivity index (χ1v) is 9.99. The van der Waals surface area contributed by atoms with Gasteiger partial charge in [0, 0.05) is 12.0 Å². The first-order chi connectivity index (χ1) is 14.9. The average Bonchev–Trinajstić information content (AvgIpc) is 2.73. The first kappa shape index (κ1) is 25.4. The molecule has 0 saturated heterocycles. The summed E-state index contributed by atoms with van der Waals surface area (Å²) in [6, 6.07) is 9.67. The molecule has 0 spiro atoms. The van der Waals surface area contributed by atoms with E-state index in [4.69, 9.17) is 11.6 Å². The van der Waals surface area contributed by atoms with Crippen molar-refractivity contribution in [3.05, 3.63) is 70.8 Å². The highest BCUT2D eigenvalue weighted by Gasteiger charge is 2.45. The number of esters is 1. The Labute approximate surface area is 188 Å². The Hall–Kier alpha value is -2.87. The van der Waals surface area contributed by atoms with Crippen LogP contribution in [-0.2, 0) is 20.7 Å². The Bertz CT molecular complexity index is 990. The lowest BCUT2D eigenvalue weighted by atomic mass is 9.85. The summed E-state index contributed by atoms with van der Waals surface area (Å²) in [7, 11) is 1.26. The molecular weight excluding hydrogens is 450 g/mol. The number of benzene rings is 2. The van der Waals surface area contributed by atoms with Crippen molar-refractivity contribution in [3.8, 4) is 0 Å². The van der Waals surface area contributed by atoms with E-state index in [1.165, 1.54) is 43.5 Å². The number of aryl methyl sites for hydroxylation is 1. The molecule has 0 aliphatic heterocycles. The van der Waals surface area contributed by atoms with E-state index >= 15 is 0 Å². The monoisotopic (exact) mass is 471 g/mol. The smallest absolute Gasteiger partial charge is 0.392 e. The zero-order chi connectivity index (χ0) is 24.1. The van der Waals surface area contributed by atoms with Crippen LogP contribution in [0.25, 0.3) is 5.83 Å². The van der Waals surface area contributed by atoms with Crippen LogP contribution >= 0.6 is 11.6 Å². The predicted octanol–water partition coefficient (Wildman–Crippen LogP) is 6.31. The third-order valence-electron chi connectivity index (χ3n) is 5.02. The zero-order valence-corrected chi connectivity index (χ0v) is 18.2. The summed E-state index contributed by atoms with van der Waals surface area (Å²) in [5.41, 5.74) is 0.928. The maximum atomic E-state index is 13.5. The van der Waals surface area contributed by atoms with Crippen LogP contribution in [0.3, 0.4) is 0 Å². The largest absolute Gasteiger partial charge is 0.469 e. The van der Waals surface area contributed by atoms with Gasteiger partial charge in [-0.05, 0) is 29.7 Å². The normalized spacial score (nSPS) is 13.2. The van der Waals surface area contributed by atoms with Crippen molar-refractivity contribution in [3.63, 3.8) is 0 Å². The molecule has 0 aromatic heterocycles. The van der Waals surface area contributed by atoms with Gasteiger partial charge in [0.05, 0.1) is 29.7 Å². The average molecular weight is 472 g/mol. The highest BCUT2D eigenvalue weighted by molar-refractivity contribution is 6.33. The van der Waals surface area contributed by atoms with E-state index in [-0.39, 0.29) is 28.3 Å². The molecular formula is C23H22ClF4NO3. The second-order valence-corrected chi connectivity index (χ2v) is 7.62. The predicted molar refractivity (Wildman–Crippen MR) is 115 cm³/mol. The van der Waals surface area contributed by atoms with Crippen LogP contribution in [0.5, 0.6) is 0 Å². The second-order valence-electron chi connectivity index (χ2n) is 7.21. The van der Waals surface area contributed by atoms with Crippen molar-refractivity contribution >= 4 is 35.0 Å². The Morgan fingerprint density at radius 2 is 1.78 bits per heavy atom. The Morgan fingerprint density at radius 1 is 1.16 bits per heavy atom. The quantitative estimate of drug-likeness (QED) is 0.363. The van der Waals surface area contributed by atoms with Crippen LogP contribution in [0, 0.1) is 5.92 Å². The molecule has 1 amide bonds. The molecule has 0 aliphatic rings. The number of methoxy groups -OCH3 is 1. The fourth-order valence-corrected chi connectivity index (χ4v) is 3.27. The molecule has 172 valence electrons. The fraction of sp³-hybridized carbons (Fsp3) is 0.304. The van der Waals surface area contributed by atoms with E-state index in [9.17, 15) is 27.2 Å². The second kappa shape index (κ2) is 10.6. The van der Waals surface area contributed by atoms with Crippen LogP contribution in [0.4, 0.5) is 23.2 Å². The number of anilines is 1. The number of nitrogens with one attached hydrogen (secondary N) is 1. The van der Waals surface area contributed by atoms with Crippen molar-refractivity contribution in [2.24, 2.45) is 5.92 Å². The molecule has 4 nitrogen and oxygen atoms in total. The minimum atomic E-state index is -4.66. The van der Waals surface area contributed by atoms with E-state index in [1.807, 2.05) is 0 Å². The number of alkyl halides is 3. The van der Waals surface area contributed by atoms with Crippen molar-refractivity contribution in [1.82, 2.24) is 0 Å². The van der Waals surface area contributed by atoms with Crippen LogP contribution in [0.2, 0.25) is 5.02 Å². The molecule has 0 aliphatic carbocycles. The van der Waals surface area contributed by atoms with Gasteiger partial charge in [0.1, 0.15) is 5.83 Å². The fourth-order valence-electron chi connectivity index (χ4n) is 3.11. The maximum Gasteiger partial charge on any atom is 0.392 e. The van der Waals surface area contributed by atoms with E-state index in [2.05, 4.69) is 16.6 Å². The lowest BCUT2D eigenvalue weighted by molar-refractivity contribution is -0.178. The number of halogens is 5. The number of ether oxygens (including phenoxy) is 1. The van der Waals surface area contributed by atoms with Crippen LogP contribution in [0.15, 0.2) is 49.0 Å². The van der Waals surface area contributed by atoms with Crippen LogP contribution < -0.4 is 5.32 Å². The summed E-state index contributed by atoms with van der Waals surface area (Å²) < 4.78 is 58.4. The molecule has 0 bridgehead atoms. The Balaban J connectivity index is 2.34. The summed E-state index contributed by atoms with van der Waals surface area (Å²) >= 11 is 6.13. The number of hydrogen-bond acceptors (Lipinski definition) is 3. The van der Waals surface area contributed by atoms with E-state index in [1.54, 1.807) is 6.07 Å². The lowest BCUT2D eigenvalue weighted by Crippen LogP contribution is -2.34. The van der Waals surface area contributed by atoms with E-state index < -0.39 is 35.7 Å². The molecule has 2 rings (SSSR count). The molecule has 2 aromatic carbocycles. The van der Waals surface area contributed by atoms with Crippen molar-refractivity contribution in [2.45, 2.75) is 31.9 Å². The van der Waals surface area contributed by atoms with Gasteiger partial charge in [-0.1, -0.05) is 55.4 Å². The number of carbonyl (C=O) groups is 2. The van der Waals surface area contributed by atoms with Gasteiger partial charge in [0.15, 0.2) is 0 Å². The van der Waals surface area contributed by atoms with Gasteiger partial charge in [0.25, 0.3) is 0 Å². The van der Waals surface area contributed by atoms with Gasteiger partial charge in [-0.3, -0.25) is 9.59 Å². The standard InChI is InChI=1S/C23H22ClF4NO3/c1-13(23(26,27)28)21(17-8-6-16(7-9-17)14(2)25)22(31)29-19-12-15(4-10-18(19)24)5-11-20(30)32-3/h4,6-10,12-13,21H,2,5,11H2,1,3H3,(H,29,31)/t13-,21+/m1/s1. The Kier molecular flexibility index (Phi) is 8.44. The van der Waals surface area contributed by atoms with Gasteiger partial charge >= 0.3 is 12.1 Å². The molecule has 0 fully saturated rings. The molecule has 1 N–H and O–H groups in total. The summed E-state index contributed by atoms with van der Waals surface area (Å²) in [5, 5.41) is 2.59. The Morgan fingerprint density at radius 3 is 2.31 bits per heavy atom. The highest BCUT2D eigenvalue weighted by atomic mass is 35.5. The molecule has 0 saturated carbocycles. The van der Waals surface area contributed by atoms with Gasteiger partial charge in [0.2, 0.25) is 5.91 Å². The number of hydrogen-bond donors (Lipinski definition) is 1. The summed E-state index contributed by atoms with van der Waals surface area (Å²) in [5.74, 6) is -5.72. The minimum absolute atomic E-state index is 0.0651. The van der Waals surface area contributed by atoms with Gasteiger partial charge < -0.3 is 10.1 Å². The van der Waals surface area contributed by atoms with Crippen molar-refractivity contribution in [2.75, 3.05) is 12.4 Å². The summed E-state index contributed by atoms with van der Waals surface area (Å²) in [4.78, 5) is 24.3. The maximum absolute atomic E-state index is 13.5. The molecule has 9 heteroatoms. The summed E-state index contributed by atoms with van der Waals surface area (Å²) in [6.45, 7) is 4.05. The molecule has 0 heterocycles. The molecule has 0 unspecified atom stereocenters. The topological polar surface area (TPSA) is 55.4 Å². The number of rotatable bonds is 8. The van der Waals surface area contributed by atoms with Gasteiger partial charge in [-0.25, -0.2) is 4.39 Å². The van der Waals surface area contributed by atoms with E-state index in [0.29, 0.717) is 12.0 Å². The van der Waals surface area contributed by atoms with Gasteiger partial charge in [-0.2, -0.15) is 13.2 Å². The highest BCUT2D eigenvalue weighted by Crippen LogP contribution is 2.39. The van der Waals surface area contributed by atoms with Crippen LogP contribution in [-0.4, -0.2) is 25.2 Å². The number of carbonyl (C=O) groups excluding carboxylic acids is 2. The third-order valence-corrected chi connectivity index (χ3v) is 5.35. The van der Waals surface area contributed by atoms with Crippen molar-refractivity contribution < 1.29 is 31.9 Å². The van der Waals surface area contributed by atoms with E-state index in [0.717, 1.165) is 6.92 Å². The first-order valence-electron chi connectivity index (χ1n) is 9.61. The summed E-state index contributed by atoms with van der Waals surface area (Å²) in [6.07, 6.45) is -4.27. The third kappa shape index (κ3) is 6.56.